The van der Waals surface area contributed by atoms with E-state index < -0.39 is 11.4 Å². The van der Waals surface area contributed by atoms with Crippen LogP contribution >= 0.6 is 0 Å². The van der Waals surface area contributed by atoms with Crippen molar-refractivity contribution in [3.8, 4) is 0 Å². The van der Waals surface area contributed by atoms with Gasteiger partial charge in [-0.2, -0.15) is 0 Å². The Morgan fingerprint density at radius 2 is 1.68 bits per heavy atom. The molecule has 5 nitrogen and oxygen atoms in total. The first-order valence-electron chi connectivity index (χ1n) is 6.09. The number of rotatable bonds is 5. The normalized spacial score (nSPS) is 11.4. The molecular formula is C14H21N3O2. The molecule has 0 aliphatic rings. The predicted octanol–water partition coefficient (Wildman–Crippen LogP) is 0.845. The second kappa shape index (κ2) is 5.84. The van der Waals surface area contributed by atoms with Crippen molar-refractivity contribution in [1.82, 2.24) is 4.90 Å². The van der Waals surface area contributed by atoms with Gasteiger partial charge < -0.3 is 10.6 Å². The molecule has 0 radical (unpaired) electrons. The number of carbonyl (C=O) groups is 2. The Morgan fingerprint density at radius 1 is 1.16 bits per heavy atom. The molecule has 0 fully saturated rings. The standard InChI is InChI=1S/C14H21N3O2/c1-14(2,13(15)19)17(12(18)10-16(3)4)11-8-6-5-7-9-11/h5-9H,10H2,1-4H3,(H2,15,19). The Kier molecular flexibility index (Phi) is 4.67. The van der Waals surface area contributed by atoms with Crippen LogP contribution in [0.5, 0.6) is 0 Å². The van der Waals surface area contributed by atoms with E-state index in [1.165, 1.54) is 4.90 Å². The van der Waals surface area contributed by atoms with Crippen LogP contribution in [-0.4, -0.2) is 42.9 Å². The monoisotopic (exact) mass is 263 g/mol. The first-order valence-corrected chi connectivity index (χ1v) is 6.09. The van der Waals surface area contributed by atoms with Crippen molar-refractivity contribution in [2.75, 3.05) is 25.5 Å². The van der Waals surface area contributed by atoms with Gasteiger partial charge in [0.2, 0.25) is 11.8 Å². The molecule has 5 heteroatoms. The molecule has 0 aliphatic heterocycles. The lowest BCUT2D eigenvalue weighted by Crippen LogP contribution is -2.57. The molecule has 0 heterocycles. The lowest BCUT2D eigenvalue weighted by molar-refractivity contribution is -0.127. The molecule has 1 aromatic rings. The molecule has 1 aromatic carbocycles. The zero-order valence-corrected chi connectivity index (χ0v) is 11.9. The van der Waals surface area contributed by atoms with E-state index in [2.05, 4.69) is 0 Å². The summed E-state index contributed by atoms with van der Waals surface area (Å²) in [6, 6.07) is 9.08. The number of hydrogen-bond acceptors (Lipinski definition) is 3. The van der Waals surface area contributed by atoms with Gasteiger partial charge in [-0.15, -0.1) is 0 Å². The lowest BCUT2D eigenvalue weighted by Gasteiger charge is -2.36. The minimum Gasteiger partial charge on any atom is -0.368 e. The highest BCUT2D eigenvalue weighted by atomic mass is 16.2. The van der Waals surface area contributed by atoms with E-state index in [4.69, 9.17) is 5.73 Å². The Hall–Kier alpha value is -1.88. The Labute approximate surface area is 114 Å². The molecular weight excluding hydrogens is 242 g/mol. The summed E-state index contributed by atoms with van der Waals surface area (Å²) in [5, 5.41) is 0. The van der Waals surface area contributed by atoms with E-state index in [0.29, 0.717) is 5.69 Å². The highest BCUT2D eigenvalue weighted by Crippen LogP contribution is 2.24. The van der Waals surface area contributed by atoms with Crippen molar-refractivity contribution in [3.63, 3.8) is 0 Å². The van der Waals surface area contributed by atoms with Gasteiger partial charge in [-0.05, 0) is 40.1 Å². The summed E-state index contributed by atoms with van der Waals surface area (Å²) < 4.78 is 0. The van der Waals surface area contributed by atoms with Gasteiger partial charge in [0.25, 0.3) is 0 Å². The van der Waals surface area contributed by atoms with Crippen LogP contribution in [-0.2, 0) is 9.59 Å². The van der Waals surface area contributed by atoms with Crippen LogP contribution in [0.1, 0.15) is 13.8 Å². The third-order valence-corrected chi connectivity index (χ3v) is 2.88. The van der Waals surface area contributed by atoms with E-state index in [1.54, 1.807) is 45.0 Å². The van der Waals surface area contributed by atoms with Gasteiger partial charge in [0.05, 0.1) is 6.54 Å². The molecule has 2 amide bonds. The number of para-hydroxylation sites is 1. The third-order valence-electron chi connectivity index (χ3n) is 2.88. The lowest BCUT2D eigenvalue weighted by atomic mass is 10.0. The Balaban J connectivity index is 3.19. The molecule has 0 aliphatic carbocycles. The van der Waals surface area contributed by atoms with Crippen LogP contribution in [0.4, 0.5) is 5.69 Å². The summed E-state index contributed by atoms with van der Waals surface area (Å²) in [7, 11) is 3.61. The fourth-order valence-electron chi connectivity index (χ4n) is 1.81. The molecule has 104 valence electrons. The van der Waals surface area contributed by atoms with E-state index in [-0.39, 0.29) is 12.5 Å². The molecule has 0 saturated heterocycles. The summed E-state index contributed by atoms with van der Waals surface area (Å²) in [6.07, 6.45) is 0. The molecule has 2 N–H and O–H groups in total. The van der Waals surface area contributed by atoms with E-state index in [9.17, 15) is 9.59 Å². The average Bonchev–Trinajstić information content (AvgIpc) is 2.28. The van der Waals surface area contributed by atoms with E-state index in [1.807, 2.05) is 18.2 Å². The second-order valence-corrected chi connectivity index (χ2v) is 5.23. The zero-order chi connectivity index (χ0) is 14.6. The second-order valence-electron chi connectivity index (χ2n) is 5.23. The van der Waals surface area contributed by atoms with Crippen molar-refractivity contribution in [1.29, 1.82) is 0 Å². The summed E-state index contributed by atoms with van der Waals surface area (Å²) >= 11 is 0. The quantitative estimate of drug-likeness (QED) is 0.856. The number of hydrogen-bond donors (Lipinski definition) is 1. The first-order chi connectivity index (χ1) is 8.76. The number of amides is 2. The highest BCUT2D eigenvalue weighted by Gasteiger charge is 2.37. The van der Waals surface area contributed by atoms with Crippen LogP contribution in [0, 0.1) is 0 Å². The number of carbonyl (C=O) groups excluding carboxylic acids is 2. The number of nitrogens with two attached hydrogens (primary N) is 1. The maximum Gasteiger partial charge on any atom is 0.243 e. The zero-order valence-electron chi connectivity index (χ0n) is 11.9. The van der Waals surface area contributed by atoms with Gasteiger partial charge in [-0.3, -0.25) is 14.5 Å². The Morgan fingerprint density at radius 3 is 2.11 bits per heavy atom. The first kappa shape index (κ1) is 15.2. The maximum absolute atomic E-state index is 12.4. The minimum absolute atomic E-state index is 0.167. The van der Waals surface area contributed by atoms with Gasteiger partial charge in [0.1, 0.15) is 5.54 Å². The summed E-state index contributed by atoms with van der Waals surface area (Å²) in [6.45, 7) is 3.51. The number of benzene rings is 1. The molecule has 19 heavy (non-hydrogen) atoms. The van der Waals surface area contributed by atoms with Crippen LogP contribution < -0.4 is 10.6 Å². The molecule has 0 spiro atoms. The molecule has 1 rings (SSSR count). The van der Waals surface area contributed by atoms with Gasteiger partial charge in [0, 0.05) is 5.69 Å². The van der Waals surface area contributed by atoms with Crippen LogP contribution in [0.3, 0.4) is 0 Å². The summed E-state index contributed by atoms with van der Waals surface area (Å²) in [5.74, 6) is -0.705. The van der Waals surface area contributed by atoms with Crippen LogP contribution in [0.15, 0.2) is 30.3 Å². The largest absolute Gasteiger partial charge is 0.368 e. The maximum atomic E-state index is 12.4. The van der Waals surface area contributed by atoms with Gasteiger partial charge in [-0.1, -0.05) is 18.2 Å². The SMILES string of the molecule is CN(C)CC(=O)N(c1ccccc1)C(C)(C)C(N)=O. The van der Waals surface area contributed by atoms with Crippen molar-refractivity contribution >= 4 is 17.5 Å². The number of likely N-dealkylation sites (N-methyl/N-ethyl adjacent to an activating group) is 1. The van der Waals surface area contributed by atoms with Gasteiger partial charge in [-0.25, -0.2) is 0 Å². The molecule has 0 aromatic heterocycles. The van der Waals surface area contributed by atoms with Crippen LogP contribution in [0.25, 0.3) is 0 Å². The number of primary amides is 1. The van der Waals surface area contributed by atoms with Crippen molar-refractivity contribution < 1.29 is 9.59 Å². The summed E-state index contributed by atoms with van der Waals surface area (Å²) in [4.78, 5) is 27.2. The van der Waals surface area contributed by atoms with E-state index >= 15 is 0 Å². The Bertz CT molecular complexity index is 455. The van der Waals surface area contributed by atoms with Gasteiger partial charge >= 0.3 is 0 Å². The smallest absolute Gasteiger partial charge is 0.243 e. The topological polar surface area (TPSA) is 66.6 Å². The highest BCUT2D eigenvalue weighted by molar-refractivity contribution is 6.03. The average molecular weight is 263 g/mol. The number of nitrogens with zero attached hydrogens (tertiary/aromatic N) is 2. The molecule has 0 unspecified atom stereocenters. The van der Waals surface area contributed by atoms with E-state index in [0.717, 1.165) is 0 Å². The fraction of sp³-hybridized carbons (Fsp3) is 0.429. The molecule has 0 atom stereocenters. The van der Waals surface area contributed by atoms with Crippen LogP contribution in [0.2, 0.25) is 0 Å². The third kappa shape index (κ3) is 3.54. The number of anilines is 1. The summed E-state index contributed by atoms with van der Waals surface area (Å²) in [5.41, 5.74) is 5.02. The predicted molar refractivity (Wildman–Crippen MR) is 75.8 cm³/mol. The van der Waals surface area contributed by atoms with Crippen molar-refractivity contribution in [2.45, 2.75) is 19.4 Å². The van der Waals surface area contributed by atoms with Gasteiger partial charge in [0.15, 0.2) is 0 Å². The fourth-order valence-corrected chi connectivity index (χ4v) is 1.81. The molecule has 0 saturated carbocycles. The van der Waals surface area contributed by atoms with Crippen molar-refractivity contribution in [3.05, 3.63) is 30.3 Å². The van der Waals surface area contributed by atoms with Crippen molar-refractivity contribution in [2.24, 2.45) is 5.73 Å². The minimum atomic E-state index is -1.07. The molecule has 0 bridgehead atoms.